The van der Waals surface area contributed by atoms with E-state index in [4.69, 9.17) is 15.2 Å². The minimum absolute atomic E-state index is 0.0200. The normalized spacial score (nSPS) is 13.3. The molecule has 1 aromatic rings. The van der Waals surface area contributed by atoms with Crippen LogP contribution < -0.4 is 11.1 Å². The number of carboxylic acid groups (broad SMARTS) is 1. The number of nitrogens with two attached hydrogens (primary N) is 1. The van der Waals surface area contributed by atoms with E-state index in [2.05, 4.69) is 5.32 Å². The summed E-state index contributed by atoms with van der Waals surface area (Å²) in [5, 5.41) is 11.7. The van der Waals surface area contributed by atoms with Crippen LogP contribution in [0.5, 0.6) is 0 Å². The first kappa shape index (κ1) is 22.4. The fourth-order valence-corrected chi connectivity index (χ4v) is 2.19. The predicted octanol–water partition coefficient (Wildman–Crippen LogP) is 2.06. The lowest BCUT2D eigenvalue weighted by Crippen LogP contribution is -2.39. The lowest BCUT2D eigenvalue weighted by Gasteiger charge is -2.22. The van der Waals surface area contributed by atoms with Crippen molar-refractivity contribution in [1.82, 2.24) is 5.32 Å². The van der Waals surface area contributed by atoms with Crippen molar-refractivity contribution in [3.05, 3.63) is 35.9 Å². The van der Waals surface area contributed by atoms with Crippen molar-refractivity contribution in [2.45, 2.75) is 51.9 Å². The summed E-state index contributed by atoms with van der Waals surface area (Å²) in [5.41, 5.74) is 5.98. The average molecular weight is 380 g/mol. The molecule has 4 N–H and O–H groups in total. The van der Waals surface area contributed by atoms with Gasteiger partial charge in [-0.2, -0.15) is 0 Å². The predicted molar refractivity (Wildman–Crippen MR) is 98.8 cm³/mol. The van der Waals surface area contributed by atoms with Gasteiger partial charge in [0.05, 0.1) is 0 Å². The third-order valence-electron chi connectivity index (χ3n) is 3.54. The maximum absolute atomic E-state index is 12.0. The fourth-order valence-electron chi connectivity index (χ4n) is 2.19. The van der Waals surface area contributed by atoms with Crippen molar-refractivity contribution in [2.75, 3.05) is 6.54 Å². The van der Waals surface area contributed by atoms with Crippen LogP contribution in [0.2, 0.25) is 0 Å². The molecule has 27 heavy (non-hydrogen) atoms. The zero-order chi connectivity index (χ0) is 20.4. The van der Waals surface area contributed by atoms with E-state index < -0.39 is 35.6 Å². The molecule has 0 bridgehead atoms. The number of alkyl carbamates (subject to hydrolysis) is 1. The van der Waals surface area contributed by atoms with Gasteiger partial charge in [-0.15, -0.1) is 0 Å². The molecule has 2 atom stereocenters. The highest BCUT2D eigenvalue weighted by atomic mass is 16.6. The first-order valence-electron chi connectivity index (χ1n) is 8.74. The van der Waals surface area contributed by atoms with Crippen LogP contribution in [0, 0.1) is 5.92 Å². The van der Waals surface area contributed by atoms with Crippen LogP contribution in [0.25, 0.3) is 0 Å². The minimum atomic E-state index is -1.29. The summed E-state index contributed by atoms with van der Waals surface area (Å²) in [6, 6.07) is 8.71. The molecular weight excluding hydrogens is 352 g/mol. The Labute approximate surface area is 159 Å². The van der Waals surface area contributed by atoms with Crippen molar-refractivity contribution in [3.8, 4) is 0 Å². The van der Waals surface area contributed by atoms with E-state index in [-0.39, 0.29) is 26.0 Å². The van der Waals surface area contributed by atoms with Crippen molar-refractivity contribution >= 4 is 18.0 Å². The zero-order valence-corrected chi connectivity index (χ0v) is 15.9. The molecule has 0 aliphatic carbocycles. The summed E-state index contributed by atoms with van der Waals surface area (Å²) >= 11 is 0. The van der Waals surface area contributed by atoms with E-state index >= 15 is 0 Å². The largest absolute Gasteiger partial charge is 0.481 e. The monoisotopic (exact) mass is 380 g/mol. The van der Waals surface area contributed by atoms with Gasteiger partial charge in [0.15, 0.2) is 5.92 Å². The van der Waals surface area contributed by atoms with E-state index in [1.54, 1.807) is 20.8 Å². The van der Waals surface area contributed by atoms with Gasteiger partial charge in [-0.05, 0) is 39.2 Å². The van der Waals surface area contributed by atoms with Gasteiger partial charge in [0, 0.05) is 12.6 Å². The second-order valence-corrected chi connectivity index (χ2v) is 7.20. The van der Waals surface area contributed by atoms with E-state index in [9.17, 15) is 19.5 Å². The third kappa shape index (κ3) is 9.60. The fraction of sp³-hybridized carbons (Fsp3) is 0.526. The molecule has 0 fully saturated rings. The summed E-state index contributed by atoms with van der Waals surface area (Å²) in [5.74, 6) is -3.34. The van der Waals surface area contributed by atoms with Crippen LogP contribution in [-0.4, -0.2) is 41.3 Å². The number of amides is 1. The van der Waals surface area contributed by atoms with Crippen LogP contribution in [0.1, 0.15) is 39.2 Å². The lowest BCUT2D eigenvalue weighted by molar-refractivity contribution is -0.167. The maximum Gasteiger partial charge on any atom is 0.407 e. The molecule has 8 heteroatoms. The number of nitrogens with one attached hydrogen (secondary N) is 1. The van der Waals surface area contributed by atoms with Crippen LogP contribution in [0.15, 0.2) is 30.3 Å². The summed E-state index contributed by atoms with van der Waals surface area (Å²) in [4.78, 5) is 34.9. The second kappa shape index (κ2) is 10.5. The Bertz CT molecular complexity index is 627. The van der Waals surface area contributed by atoms with Gasteiger partial charge >= 0.3 is 18.0 Å². The summed E-state index contributed by atoms with van der Waals surface area (Å²) in [6.45, 7) is 5.25. The number of rotatable bonds is 9. The summed E-state index contributed by atoms with van der Waals surface area (Å²) < 4.78 is 10.2. The Kier molecular flexibility index (Phi) is 8.74. The molecule has 0 heterocycles. The highest BCUT2D eigenvalue weighted by Crippen LogP contribution is 2.16. The molecule has 0 saturated carbocycles. The number of hydrogen-bond acceptors (Lipinski definition) is 6. The van der Waals surface area contributed by atoms with Gasteiger partial charge in [0.25, 0.3) is 0 Å². The Morgan fingerprint density at radius 3 is 2.33 bits per heavy atom. The minimum Gasteiger partial charge on any atom is -0.481 e. The zero-order valence-electron chi connectivity index (χ0n) is 15.9. The Morgan fingerprint density at radius 2 is 1.78 bits per heavy atom. The third-order valence-corrected chi connectivity index (χ3v) is 3.54. The molecule has 150 valence electrons. The summed E-state index contributed by atoms with van der Waals surface area (Å²) in [7, 11) is 0. The van der Waals surface area contributed by atoms with Crippen LogP contribution in [-0.2, 0) is 25.7 Å². The van der Waals surface area contributed by atoms with Gasteiger partial charge in [-0.1, -0.05) is 30.3 Å². The lowest BCUT2D eigenvalue weighted by atomic mass is 10.00. The highest BCUT2D eigenvalue weighted by Gasteiger charge is 2.31. The van der Waals surface area contributed by atoms with Gasteiger partial charge in [-0.25, -0.2) is 4.79 Å². The molecule has 8 nitrogen and oxygen atoms in total. The van der Waals surface area contributed by atoms with E-state index in [1.165, 1.54) is 0 Å². The van der Waals surface area contributed by atoms with E-state index in [1.807, 2.05) is 30.3 Å². The SMILES string of the molecule is CC(C)(C)OC(=O)C(CCC(N)CNC(=O)OCc1ccccc1)C(=O)O. The smallest absolute Gasteiger partial charge is 0.407 e. The molecule has 2 unspecified atom stereocenters. The standard InChI is InChI=1S/C19H28N2O6/c1-19(2,3)27-17(24)15(16(22)23)10-9-14(20)11-21-18(25)26-12-13-7-5-4-6-8-13/h4-8,14-15H,9-12,20H2,1-3H3,(H,21,25)(H,22,23). The molecule has 1 aromatic carbocycles. The topological polar surface area (TPSA) is 128 Å². The van der Waals surface area contributed by atoms with Crippen molar-refractivity contribution in [3.63, 3.8) is 0 Å². The molecule has 0 aliphatic rings. The average Bonchev–Trinajstić information content (AvgIpc) is 2.57. The van der Waals surface area contributed by atoms with Gasteiger partial charge in [0.1, 0.15) is 12.2 Å². The van der Waals surface area contributed by atoms with Gasteiger partial charge < -0.3 is 25.6 Å². The second-order valence-electron chi connectivity index (χ2n) is 7.20. The Balaban J connectivity index is 2.35. The number of hydrogen-bond donors (Lipinski definition) is 3. The molecule has 0 saturated heterocycles. The van der Waals surface area contributed by atoms with Crippen LogP contribution >= 0.6 is 0 Å². The van der Waals surface area contributed by atoms with E-state index in [0.29, 0.717) is 0 Å². The number of carbonyl (C=O) groups excluding carboxylic acids is 2. The number of carbonyl (C=O) groups is 3. The molecule has 0 aromatic heterocycles. The van der Waals surface area contributed by atoms with Crippen LogP contribution in [0.4, 0.5) is 4.79 Å². The van der Waals surface area contributed by atoms with Gasteiger partial charge in [-0.3, -0.25) is 9.59 Å². The molecule has 1 rings (SSSR count). The maximum atomic E-state index is 12.0. The Morgan fingerprint density at radius 1 is 1.15 bits per heavy atom. The first-order valence-corrected chi connectivity index (χ1v) is 8.74. The van der Waals surface area contributed by atoms with Gasteiger partial charge in [0.2, 0.25) is 0 Å². The molecule has 0 spiro atoms. The molecule has 0 radical (unpaired) electrons. The van der Waals surface area contributed by atoms with Crippen LogP contribution in [0.3, 0.4) is 0 Å². The van der Waals surface area contributed by atoms with Crippen molar-refractivity contribution < 1.29 is 29.0 Å². The number of carboxylic acids is 1. The number of benzene rings is 1. The highest BCUT2D eigenvalue weighted by molar-refractivity contribution is 5.94. The number of ether oxygens (including phenoxy) is 2. The van der Waals surface area contributed by atoms with Crippen molar-refractivity contribution in [2.24, 2.45) is 11.7 Å². The first-order chi connectivity index (χ1) is 12.6. The number of aliphatic carboxylic acids is 1. The Hall–Kier alpha value is -2.61. The molecule has 0 aliphatic heterocycles. The molecular formula is C19H28N2O6. The number of esters is 1. The summed E-state index contributed by atoms with van der Waals surface area (Å²) in [6.07, 6.45) is -0.363. The van der Waals surface area contributed by atoms with Crippen molar-refractivity contribution in [1.29, 1.82) is 0 Å². The van der Waals surface area contributed by atoms with E-state index in [0.717, 1.165) is 5.56 Å². The quantitative estimate of drug-likeness (QED) is 0.442. The molecule has 1 amide bonds.